The topological polar surface area (TPSA) is 54.5 Å². The summed E-state index contributed by atoms with van der Waals surface area (Å²) in [5.74, 6) is 0.686. The predicted molar refractivity (Wildman–Crippen MR) is 107 cm³/mol. The SMILES string of the molecule is CCOc1ccccc1Nc1cncc(C(=O)N(C)Cc2ccccc2)c1. The summed E-state index contributed by atoms with van der Waals surface area (Å²) in [5.41, 5.74) is 3.19. The van der Waals surface area contributed by atoms with Gasteiger partial charge in [0.15, 0.2) is 0 Å². The van der Waals surface area contributed by atoms with Crippen LogP contribution >= 0.6 is 0 Å². The van der Waals surface area contributed by atoms with Crippen LogP contribution in [0.2, 0.25) is 0 Å². The first-order chi connectivity index (χ1) is 13.2. The van der Waals surface area contributed by atoms with E-state index in [1.54, 1.807) is 30.4 Å². The average molecular weight is 361 g/mol. The molecule has 27 heavy (non-hydrogen) atoms. The number of benzene rings is 2. The molecule has 0 radical (unpaired) electrons. The fourth-order valence-electron chi connectivity index (χ4n) is 2.78. The van der Waals surface area contributed by atoms with Crippen molar-refractivity contribution in [1.82, 2.24) is 9.88 Å². The Kier molecular flexibility index (Phi) is 6.05. The summed E-state index contributed by atoms with van der Waals surface area (Å²) in [6, 6.07) is 19.4. The van der Waals surface area contributed by atoms with Gasteiger partial charge in [-0.1, -0.05) is 42.5 Å². The van der Waals surface area contributed by atoms with Crippen LogP contribution in [0.15, 0.2) is 73.1 Å². The van der Waals surface area contributed by atoms with Crippen molar-refractivity contribution >= 4 is 17.3 Å². The van der Waals surface area contributed by atoms with E-state index >= 15 is 0 Å². The standard InChI is InChI=1S/C22H23N3O2/c1-3-27-21-12-8-7-11-20(21)24-19-13-18(14-23-15-19)22(26)25(2)16-17-9-5-4-6-10-17/h4-15,24H,3,16H2,1-2H3. The van der Waals surface area contributed by atoms with Crippen molar-refractivity contribution in [1.29, 1.82) is 0 Å². The number of ether oxygens (including phenoxy) is 1. The number of hydrogen-bond donors (Lipinski definition) is 1. The van der Waals surface area contributed by atoms with E-state index in [4.69, 9.17) is 4.74 Å². The zero-order chi connectivity index (χ0) is 19.1. The van der Waals surface area contributed by atoms with E-state index in [-0.39, 0.29) is 5.91 Å². The second-order valence-corrected chi connectivity index (χ2v) is 6.16. The third-order valence-electron chi connectivity index (χ3n) is 4.06. The molecular weight excluding hydrogens is 338 g/mol. The monoisotopic (exact) mass is 361 g/mol. The van der Waals surface area contributed by atoms with E-state index in [9.17, 15) is 4.79 Å². The van der Waals surface area contributed by atoms with Crippen LogP contribution in [0, 0.1) is 0 Å². The highest BCUT2D eigenvalue weighted by molar-refractivity contribution is 5.94. The quantitative estimate of drug-likeness (QED) is 0.673. The Morgan fingerprint density at radius 2 is 1.81 bits per heavy atom. The number of aromatic nitrogens is 1. The Hall–Kier alpha value is -3.34. The minimum absolute atomic E-state index is 0.0758. The van der Waals surface area contributed by atoms with E-state index in [0.29, 0.717) is 18.7 Å². The van der Waals surface area contributed by atoms with Gasteiger partial charge in [0.25, 0.3) is 5.91 Å². The number of anilines is 2. The van der Waals surface area contributed by atoms with E-state index < -0.39 is 0 Å². The van der Waals surface area contributed by atoms with Crippen LogP contribution in [-0.4, -0.2) is 29.4 Å². The van der Waals surface area contributed by atoms with Crippen molar-refractivity contribution in [2.24, 2.45) is 0 Å². The van der Waals surface area contributed by atoms with E-state index in [1.807, 2.05) is 61.5 Å². The summed E-state index contributed by atoms with van der Waals surface area (Å²) in [4.78, 5) is 18.7. The van der Waals surface area contributed by atoms with Gasteiger partial charge in [0.1, 0.15) is 5.75 Å². The Bertz CT molecular complexity index is 897. The lowest BCUT2D eigenvalue weighted by Crippen LogP contribution is -2.26. The van der Waals surface area contributed by atoms with Crippen LogP contribution in [0.5, 0.6) is 5.75 Å². The molecule has 3 rings (SSSR count). The Morgan fingerprint density at radius 1 is 1.07 bits per heavy atom. The van der Waals surface area contributed by atoms with Crippen LogP contribution in [0.3, 0.4) is 0 Å². The molecule has 0 aliphatic heterocycles. The zero-order valence-electron chi connectivity index (χ0n) is 15.6. The fourth-order valence-corrected chi connectivity index (χ4v) is 2.78. The Morgan fingerprint density at radius 3 is 2.59 bits per heavy atom. The maximum absolute atomic E-state index is 12.8. The summed E-state index contributed by atoms with van der Waals surface area (Å²) < 4.78 is 5.63. The van der Waals surface area contributed by atoms with E-state index in [2.05, 4.69) is 10.3 Å². The lowest BCUT2D eigenvalue weighted by atomic mass is 10.2. The molecule has 0 saturated heterocycles. The molecule has 138 valence electrons. The van der Waals surface area contributed by atoms with Gasteiger partial charge in [0, 0.05) is 19.8 Å². The van der Waals surface area contributed by atoms with Crippen molar-refractivity contribution in [3.63, 3.8) is 0 Å². The highest BCUT2D eigenvalue weighted by atomic mass is 16.5. The molecule has 2 aromatic carbocycles. The van der Waals surface area contributed by atoms with Gasteiger partial charge in [-0.2, -0.15) is 0 Å². The van der Waals surface area contributed by atoms with Gasteiger partial charge in [-0.3, -0.25) is 9.78 Å². The zero-order valence-corrected chi connectivity index (χ0v) is 15.6. The minimum Gasteiger partial charge on any atom is -0.492 e. The lowest BCUT2D eigenvalue weighted by Gasteiger charge is -2.18. The van der Waals surface area contributed by atoms with E-state index in [0.717, 1.165) is 22.7 Å². The molecule has 1 amide bonds. The molecule has 0 atom stereocenters. The molecule has 1 heterocycles. The normalized spacial score (nSPS) is 10.3. The number of rotatable bonds is 7. The van der Waals surface area contributed by atoms with Gasteiger partial charge in [-0.05, 0) is 30.7 Å². The maximum atomic E-state index is 12.8. The average Bonchev–Trinajstić information content (AvgIpc) is 2.70. The summed E-state index contributed by atoms with van der Waals surface area (Å²) in [6.45, 7) is 3.07. The van der Waals surface area contributed by atoms with Crippen LogP contribution < -0.4 is 10.1 Å². The first-order valence-electron chi connectivity index (χ1n) is 8.90. The molecule has 0 fully saturated rings. The second kappa shape index (κ2) is 8.85. The number of carbonyl (C=O) groups is 1. The van der Waals surface area contributed by atoms with E-state index in [1.165, 1.54) is 0 Å². The second-order valence-electron chi connectivity index (χ2n) is 6.16. The van der Waals surface area contributed by atoms with Crippen LogP contribution in [-0.2, 0) is 6.54 Å². The van der Waals surface area contributed by atoms with Crippen molar-refractivity contribution in [2.45, 2.75) is 13.5 Å². The molecule has 0 bridgehead atoms. The van der Waals surface area contributed by atoms with Crippen LogP contribution in [0.1, 0.15) is 22.8 Å². The third-order valence-corrected chi connectivity index (χ3v) is 4.06. The summed E-state index contributed by atoms with van der Waals surface area (Å²) in [5, 5.41) is 3.28. The number of hydrogen-bond acceptors (Lipinski definition) is 4. The number of carbonyl (C=O) groups excluding carboxylic acids is 1. The number of nitrogens with one attached hydrogen (secondary N) is 1. The van der Waals surface area contributed by atoms with Crippen molar-refractivity contribution in [2.75, 3.05) is 19.0 Å². The van der Waals surface area contributed by atoms with Gasteiger partial charge in [0.05, 0.1) is 29.7 Å². The predicted octanol–water partition coefficient (Wildman–Crippen LogP) is 4.50. The highest BCUT2D eigenvalue weighted by Crippen LogP contribution is 2.27. The number of nitrogens with zero attached hydrogens (tertiary/aromatic N) is 2. The number of para-hydroxylation sites is 2. The molecule has 0 aliphatic carbocycles. The van der Waals surface area contributed by atoms with Crippen LogP contribution in [0.25, 0.3) is 0 Å². The summed E-state index contributed by atoms with van der Waals surface area (Å²) in [7, 11) is 1.79. The van der Waals surface area contributed by atoms with Gasteiger partial charge >= 0.3 is 0 Å². The highest BCUT2D eigenvalue weighted by Gasteiger charge is 2.13. The summed E-state index contributed by atoms with van der Waals surface area (Å²) in [6.07, 6.45) is 3.28. The third kappa shape index (κ3) is 4.85. The van der Waals surface area contributed by atoms with Crippen molar-refractivity contribution in [3.8, 4) is 5.75 Å². The Balaban J connectivity index is 1.74. The fraction of sp³-hybridized carbons (Fsp3) is 0.182. The van der Waals surface area contributed by atoms with Gasteiger partial charge in [-0.25, -0.2) is 0 Å². The number of pyridine rings is 1. The van der Waals surface area contributed by atoms with Crippen molar-refractivity contribution < 1.29 is 9.53 Å². The first kappa shape index (κ1) is 18.5. The number of amides is 1. The largest absolute Gasteiger partial charge is 0.492 e. The molecule has 3 aromatic rings. The molecule has 0 unspecified atom stereocenters. The molecule has 5 heteroatoms. The molecule has 1 N–H and O–H groups in total. The smallest absolute Gasteiger partial charge is 0.255 e. The lowest BCUT2D eigenvalue weighted by molar-refractivity contribution is 0.0784. The molecule has 0 saturated carbocycles. The van der Waals surface area contributed by atoms with Gasteiger partial charge < -0.3 is 15.0 Å². The van der Waals surface area contributed by atoms with Gasteiger partial charge in [0.2, 0.25) is 0 Å². The molecular formula is C22H23N3O2. The first-order valence-corrected chi connectivity index (χ1v) is 8.90. The van der Waals surface area contributed by atoms with Gasteiger partial charge in [-0.15, -0.1) is 0 Å². The maximum Gasteiger partial charge on any atom is 0.255 e. The molecule has 5 nitrogen and oxygen atoms in total. The minimum atomic E-state index is -0.0758. The Labute approximate surface area is 159 Å². The molecule has 0 spiro atoms. The molecule has 0 aliphatic rings. The van der Waals surface area contributed by atoms with Crippen LogP contribution in [0.4, 0.5) is 11.4 Å². The molecule has 1 aromatic heterocycles. The van der Waals surface area contributed by atoms with Crippen molar-refractivity contribution in [3.05, 3.63) is 84.2 Å². The summed E-state index contributed by atoms with van der Waals surface area (Å²) >= 11 is 0.